The van der Waals surface area contributed by atoms with E-state index in [2.05, 4.69) is 0 Å². The summed E-state index contributed by atoms with van der Waals surface area (Å²) in [6, 6.07) is 8.02. The number of amides is 1. The maximum absolute atomic E-state index is 12.1. The molecule has 1 rings (SSSR count). The van der Waals surface area contributed by atoms with E-state index in [0.29, 0.717) is 5.69 Å². The topological polar surface area (TPSA) is 94.9 Å². The standard InChI is InChI=1S/C13H15NO5/c1-8(2)14(9-6-4-3-5-7-9)11(15)10(12(16)17)13(18)19/h3-8,10H,1-2H3,(H,16,17)(H,18,19). The highest BCUT2D eigenvalue weighted by molar-refractivity contribution is 6.18. The minimum absolute atomic E-state index is 0.351. The van der Waals surface area contributed by atoms with Crippen LogP contribution in [0.15, 0.2) is 30.3 Å². The second kappa shape index (κ2) is 5.99. The molecule has 6 heteroatoms. The number of benzene rings is 1. The zero-order valence-electron chi connectivity index (χ0n) is 10.6. The van der Waals surface area contributed by atoms with Crippen molar-refractivity contribution in [2.45, 2.75) is 19.9 Å². The lowest BCUT2D eigenvalue weighted by Crippen LogP contribution is -2.46. The zero-order chi connectivity index (χ0) is 14.6. The molecule has 0 radical (unpaired) electrons. The molecule has 19 heavy (non-hydrogen) atoms. The van der Waals surface area contributed by atoms with Crippen LogP contribution < -0.4 is 4.90 Å². The van der Waals surface area contributed by atoms with Gasteiger partial charge in [0, 0.05) is 11.7 Å². The SMILES string of the molecule is CC(C)N(C(=O)C(C(=O)O)C(=O)O)c1ccccc1. The Morgan fingerprint density at radius 1 is 1.00 bits per heavy atom. The smallest absolute Gasteiger partial charge is 0.327 e. The second-order valence-electron chi connectivity index (χ2n) is 4.25. The number of para-hydroxylation sites is 1. The van der Waals surface area contributed by atoms with Gasteiger partial charge in [0.05, 0.1) is 0 Å². The van der Waals surface area contributed by atoms with Crippen molar-refractivity contribution in [3.8, 4) is 0 Å². The van der Waals surface area contributed by atoms with Gasteiger partial charge in [0.15, 0.2) is 0 Å². The molecule has 0 aliphatic rings. The first-order valence-electron chi connectivity index (χ1n) is 5.70. The highest BCUT2D eigenvalue weighted by atomic mass is 16.4. The zero-order valence-corrected chi connectivity index (χ0v) is 10.6. The van der Waals surface area contributed by atoms with E-state index in [-0.39, 0.29) is 6.04 Å². The van der Waals surface area contributed by atoms with E-state index in [9.17, 15) is 14.4 Å². The van der Waals surface area contributed by atoms with Crippen LogP contribution in [-0.2, 0) is 14.4 Å². The minimum atomic E-state index is -2.09. The summed E-state index contributed by atoms with van der Waals surface area (Å²) in [6.45, 7) is 3.37. The lowest BCUT2D eigenvalue weighted by molar-refractivity contribution is -0.157. The molecule has 102 valence electrons. The van der Waals surface area contributed by atoms with Crippen LogP contribution in [0.1, 0.15) is 13.8 Å². The van der Waals surface area contributed by atoms with Crippen molar-refractivity contribution in [1.29, 1.82) is 0 Å². The van der Waals surface area contributed by atoms with E-state index in [1.807, 2.05) is 0 Å². The quantitative estimate of drug-likeness (QED) is 0.780. The van der Waals surface area contributed by atoms with Gasteiger partial charge in [-0.2, -0.15) is 0 Å². The number of anilines is 1. The van der Waals surface area contributed by atoms with E-state index in [0.717, 1.165) is 0 Å². The number of nitrogens with zero attached hydrogens (tertiary/aromatic N) is 1. The molecule has 0 aliphatic heterocycles. The summed E-state index contributed by atoms with van der Waals surface area (Å²) in [5.74, 6) is -6.39. The van der Waals surface area contributed by atoms with Crippen molar-refractivity contribution in [1.82, 2.24) is 0 Å². The van der Waals surface area contributed by atoms with Crippen LogP contribution in [-0.4, -0.2) is 34.1 Å². The van der Waals surface area contributed by atoms with Gasteiger partial charge in [-0.05, 0) is 26.0 Å². The largest absolute Gasteiger partial charge is 0.480 e. The Morgan fingerprint density at radius 2 is 1.47 bits per heavy atom. The predicted octanol–water partition coefficient (Wildman–Crippen LogP) is 1.21. The van der Waals surface area contributed by atoms with Gasteiger partial charge in [-0.15, -0.1) is 0 Å². The van der Waals surface area contributed by atoms with Gasteiger partial charge in [0.25, 0.3) is 5.91 Å². The molecular weight excluding hydrogens is 250 g/mol. The molecule has 0 unspecified atom stereocenters. The highest BCUT2D eigenvalue weighted by Crippen LogP contribution is 2.19. The monoisotopic (exact) mass is 265 g/mol. The Hall–Kier alpha value is -2.37. The molecule has 0 heterocycles. The minimum Gasteiger partial charge on any atom is -0.480 e. The van der Waals surface area contributed by atoms with Gasteiger partial charge in [0.2, 0.25) is 5.92 Å². The first kappa shape index (κ1) is 14.7. The maximum atomic E-state index is 12.1. The summed E-state index contributed by atoms with van der Waals surface area (Å²) < 4.78 is 0. The molecule has 2 N–H and O–H groups in total. The van der Waals surface area contributed by atoms with Crippen LogP contribution in [0.4, 0.5) is 5.69 Å². The summed E-state index contributed by atoms with van der Waals surface area (Å²) >= 11 is 0. The van der Waals surface area contributed by atoms with Crippen LogP contribution >= 0.6 is 0 Å². The first-order valence-corrected chi connectivity index (χ1v) is 5.70. The van der Waals surface area contributed by atoms with E-state index >= 15 is 0 Å². The van der Waals surface area contributed by atoms with E-state index in [1.165, 1.54) is 4.90 Å². The Kier molecular flexibility index (Phi) is 4.63. The number of carbonyl (C=O) groups is 3. The second-order valence-corrected chi connectivity index (χ2v) is 4.25. The summed E-state index contributed by atoms with van der Waals surface area (Å²) in [5.41, 5.74) is 0.468. The summed E-state index contributed by atoms with van der Waals surface area (Å²) in [6.07, 6.45) is 0. The van der Waals surface area contributed by atoms with Crippen LogP contribution in [0.3, 0.4) is 0 Å². The molecule has 0 atom stereocenters. The molecule has 0 aliphatic carbocycles. The third-order valence-corrected chi connectivity index (χ3v) is 2.53. The van der Waals surface area contributed by atoms with Gasteiger partial charge in [-0.3, -0.25) is 14.4 Å². The van der Waals surface area contributed by atoms with Crippen LogP contribution in [0, 0.1) is 5.92 Å². The first-order chi connectivity index (χ1) is 8.86. The highest BCUT2D eigenvalue weighted by Gasteiger charge is 2.38. The number of carbonyl (C=O) groups excluding carboxylic acids is 1. The Morgan fingerprint density at radius 3 is 1.84 bits per heavy atom. The molecule has 0 saturated heterocycles. The molecular formula is C13H15NO5. The third-order valence-electron chi connectivity index (χ3n) is 2.53. The summed E-state index contributed by atoms with van der Waals surface area (Å²) in [4.78, 5) is 35.1. The predicted molar refractivity (Wildman–Crippen MR) is 67.8 cm³/mol. The van der Waals surface area contributed by atoms with Crippen molar-refractivity contribution in [2.75, 3.05) is 4.90 Å². The molecule has 0 fully saturated rings. The van der Waals surface area contributed by atoms with E-state index < -0.39 is 23.8 Å². The Balaban J connectivity index is 3.17. The average molecular weight is 265 g/mol. The summed E-state index contributed by atoms with van der Waals surface area (Å²) in [7, 11) is 0. The average Bonchev–Trinajstić information content (AvgIpc) is 2.28. The van der Waals surface area contributed by atoms with Gasteiger partial charge in [0.1, 0.15) is 0 Å². The number of carboxylic acids is 2. The normalized spacial score (nSPS) is 10.5. The molecule has 6 nitrogen and oxygen atoms in total. The lowest BCUT2D eigenvalue weighted by atomic mass is 10.1. The van der Waals surface area contributed by atoms with Gasteiger partial charge < -0.3 is 15.1 Å². The number of rotatable bonds is 5. The number of hydrogen-bond donors (Lipinski definition) is 2. The van der Waals surface area contributed by atoms with E-state index in [1.54, 1.807) is 44.2 Å². The van der Waals surface area contributed by atoms with Crippen molar-refractivity contribution in [3.63, 3.8) is 0 Å². The van der Waals surface area contributed by atoms with Gasteiger partial charge in [-0.25, -0.2) is 0 Å². The van der Waals surface area contributed by atoms with Crippen molar-refractivity contribution in [3.05, 3.63) is 30.3 Å². The van der Waals surface area contributed by atoms with E-state index in [4.69, 9.17) is 10.2 Å². The van der Waals surface area contributed by atoms with Gasteiger partial charge in [-0.1, -0.05) is 18.2 Å². The maximum Gasteiger partial charge on any atom is 0.327 e. The lowest BCUT2D eigenvalue weighted by Gasteiger charge is -2.28. The molecule has 1 aromatic rings. The fraction of sp³-hybridized carbons (Fsp3) is 0.308. The van der Waals surface area contributed by atoms with Crippen LogP contribution in [0.2, 0.25) is 0 Å². The summed E-state index contributed by atoms with van der Waals surface area (Å²) in [5, 5.41) is 17.7. The molecule has 0 bridgehead atoms. The fourth-order valence-corrected chi connectivity index (χ4v) is 1.72. The molecule has 1 amide bonds. The Bertz CT molecular complexity index is 469. The van der Waals surface area contributed by atoms with Crippen LogP contribution in [0.25, 0.3) is 0 Å². The van der Waals surface area contributed by atoms with Crippen molar-refractivity contribution >= 4 is 23.5 Å². The number of aliphatic carboxylic acids is 2. The Labute approximate surface area is 110 Å². The van der Waals surface area contributed by atoms with Crippen molar-refractivity contribution in [2.24, 2.45) is 5.92 Å². The van der Waals surface area contributed by atoms with Crippen molar-refractivity contribution < 1.29 is 24.6 Å². The molecule has 1 aromatic carbocycles. The molecule has 0 spiro atoms. The number of hydrogen-bond acceptors (Lipinski definition) is 3. The fourth-order valence-electron chi connectivity index (χ4n) is 1.72. The van der Waals surface area contributed by atoms with Gasteiger partial charge >= 0.3 is 11.9 Å². The molecule has 0 aromatic heterocycles. The molecule has 0 saturated carbocycles. The van der Waals surface area contributed by atoms with Crippen LogP contribution in [0.5, 0.6) is 0 Å². The third kappa shape index (κ3) is 3.31. The number of carboxylic acid groups (broad SMARTS) is 2.